The van der Waals surface area contributed by atoms with Gasteiger partial charge in [-0.3, -0.25) is 4.90 Å². The molecule has 1 atom stereocenters. The van der Waals surface area contributed by atoms with E-state index in [1.54, 1.807) is 0 Å². The number of carbonyl (C=O) groups is 1. The van der Waals surface area contributed by atoms with Gasteiger partial charge in [-0.15, -0.1) is 0 Å². The molecular weight excluding hydrogens is 400 g/mol. The summed E-state index contributed by atoms with van der Waals surface area (Å²) in [5.74, 6) is -2.55. The molecule has 2 aromatic heterocycles. The van der Waals surface area contributed by atoms with Gasteiger partial charge < -0.3 is 15.0 Å². The normalized spacial score (nSPS) is 17.1. The van der Waals surface area contributed by atoms with Crippen molar-refractivity contribution in [1.82, 2.24) is 19.9 Å². The molecule has 3 heterocycles. The second-order valence-corrected chi connectivity index (χ2v) is 6.08. The number of anilines is 1. The van der Waals surface area contributed by atoms with Gasteiger partial charge in [0.1, 0.15) is 11.8 Å². The van der Waals surface area contributed by atoms with E-state index >= 15 is 0 Å². The second-order valence-electron chi connectivity index (χ2n) is 6.08. The number of cyclic esters (lactones) is 1. The van der Waals surface area contributed by atoms with Crippen LogP contribution in [0.3, 0.4) is 0 Å². The Hall–Kier alpha value is -3.48. The summed E-state index contributed by atoms with van der Waals surface area (Å²) in [5, 5.41) is 7.17. The molecule has 1 saturated heterocycles. The summed E-state index contributed by atoms with van der Waals surface area (Å²) in [4.78, 5) is 16.3. The fraction of sp³-hybridized carbons (Fsp3) is 0.250. The predicted molar refractivity (Wildman–Crippen MR) is 88.5 cm³/mol. The number of halogens is 4. The Kier molecular flexibility index (Phi) is 4.45. The Morgan fingerprint density at radius 1 is 1.31 bits per heavy atom. The molecule has 0 saturated carbocycles. The third-order valence-corrected chi connectivity index (χ3v) is 4.14. The number of hydrogen-bond donors (Lipinski definition) is 1. The highest BCUT2D eigenvalue weighted by Crippen LogP contribution is 2.30. The maximum absolute atomic E-state index is 14.6. The first kappa shape index (κ1) is 18.9. The number of hydrogen-bond acceptors (Lipinski definition) is 7. The number of amides is 1. The summed E-state index contributed by atoms with van der Waals surface area (Å²) in [6.07, 6.45) is -3.47. The lowest BCUT2D eigenvalue weighted by Gasteiger charge is -2.14. The summed E-state index contributed by atoms with van der Waals surface area (Å²) in [6, 6.07) is 3.96. The van der Waals surface area contributed by atoms with Crippen LogP contribution in [0.2, 0.25) is 0 Å². The van der Waals surface area contributed by atoms with Crippen molar-refractivity contribution in [2.45, 2.75) is 12.3 Å². The lowest BCUT2D eigenvalue weighted by atomic mass is 10.2. The molecule has 1 aromatic carbocycles. The zero-order chi connectivity index (χ0) is 20.8. The molecule has 0 aliphatic carbocycles. The van der Waals surface area contributed by atoms with Crippen LogP contribution in [0.4, 0.5) is 28.0 Å². The number of alkyl halides is 3. The van der Waals surface area contributed by atoms with E-state index in [1.165, 1.54) is 29.4 Å². The molecule has 0 spiro atoms. The van der Waals surface area contributed by atoms with Gasteiger partial charge in [0.2, 0.25) is 5.82 Å². The Bertz CT molecular complexity index is 1060. The number of nitrogens with two attached hydrogens (primary N) is 1. The fourth-order valence-electron chi connectivity index (χ4n) is 2.73. The van der Waals surface area contributed by atoms with Gasteiger partial charge in [0.25, 0.3) is 0 Å². The first-order chi connectivity index (χ1) is 13.8. The monoisotopic (exact) mass is 412 g/mol. The molecule has 1 aliphatic rings. The SMILES string of the molecule is NC[C@H]1CN(c2ccc(-n3cc(-c4noc(C(F)(F)F)n4)cn3)c(F)c2)C(=O)O1. The number of ether oxygens (including phenoxy) is 1. The Morgan fingerprint density at radius 3 is 2.72 bits per heavy atom. The van der Waals surface area contributed by atoms with E-state index in [2.05, 4.69) is 19.8 Å². The van der Waals surface area contributed by atoms with Crippen LogP contribution >= 0.6 is 0 Å². The van der Waals surface area contributed by atoms with Gasteiger partial charge in [-0.1, -0.05) is 5.16 Å². The molecule has 152 valence electrons. The molecular formula is C16H12F4N6O3. The molecule has 0 bridgehead atoms. The van der Waals surface area contributed by atoms with Gasteiger partial charge in [-0.05, 0) is 18.2 Å². The summed E-state index contributed by atoms with van der Waals surface area (Å²) in [7, 11) is 0. The lowest BCUT2D eigenvalue weighted by molar-refractivity contribution is -0.159. The van der Waals surface area contributed by atoms with Gasteiger partial charge in [-0.25, -0.2) is 13.9 Å². The van der Waals surface area contributed by atoms with E-state index in [0.29, 0.717) is 0 Å². The Labute approximate surface area is 159 Å². The van der Waals surface area contributed by atoms with Crippen LogP contribution in [0.15, 0.2) is 35.1 Å². The number of rotatable bonds is 4. The Balaban J connectivity index is 1.58. The average Bonchev–Trinajstić information content (AvgIpc) is 3.39. The molecule has 0 radical (unpaired) electrons. The van der Waals surface area contributed by atoms with Crippen molar-refractivity contribution in [2.24, 2.45) is 5.73 Å². The van der Waals surface area contributed by atoms with Gasteiger partial charge in [0.05, 0.1) is 24.0 Å². The molecule has 9 nitrogen and oxygen atoms in total. The highest BCUT2D eigenvalue weighted by molar-refractivity contribution is 5.89. The van der Waals surface area contributed by atoms with Crippen LogP contribution in [-0.4, -0.2) is 45.2 Å². The average molecular weight is 412 g/mol. The van der Waals surface area contributed by atoms with Crippen LogP contribution in [-0.2, 0) is 10.9 Å². The van der Waals surface area contributed by atoms with Crippen molar-refractivity contribution >= 4 is 11.8 Å². The van der Waals surface area contributed by atoms with Gasteiger partial charge in [0.15, 0.2) is 5.82 Å². The first-order valence-corrected chi connectivity index (χ1v) is 8.20. The van der Waals surface area contributed by atoms with Crippen molar-refractivity contribution in [3.8, 4) is 17.1 Å². The van der Waals surface area contributed by atoms with Crippen LogP contribution in [0.1, 0.15) is 5.89 Å². The van der Waals surface area contributed by atoms with E-state index in [9.17, 15) is 22.4 Å². The minimum absolute atomic E-state index is 0.00230. The number of aromatic nitrogens is 4. The summed E-state index contributed by atoms with van der Waals surface area (Å²) in [5.41, 5.74) is 5.85. The smallest absolute Gasteiger partial charge is 0.443 e. The molecule has 0 unspecified atom stereocenters. The van der Waals surface area contributed by atoms with Crippen LogP contribution in [0, 0.1) is 5.82 Å². The van der Waals surface area contributed by atoms with Gasteiger partial charge in [-0.2, -0.15) is 23.3 Å². The maximum atomic E-state index is 14.6. The van der Waals surface area contributed by atoms with Crippen molar-refractivity contribution in [2.75, 3.05) is 18.0 Å². The van der Waals surface area contributed by atoms with E-state index in [1.807, 2.05) is 0 Å². The molecule has 29 heavy (non-hydrogen) atoms. The molecule has 1 amide bonds. The van der Waals surface area contributed by atoms with Crippen molar-refractivity contribution in [1.29, 1.82) is 0 Å². The Morgan fingerprint density at radius 2 is 2.10 bits per heavy atom. The third-order valence-electron chi connectivity index (χ3n) is 4.14. The van der Waals surface area contributed by atoms with Crippen LogP contribution in [0.25, 0.3) is 17.1 Å². The largest absolute Gasteiger partial charge is 0.471 e. The topological polar surface area (TPSA) is 112 Å². The minimum atomic E-state index is -4.77. The highest BCUT2D eigenvalue weighted by atomic mass is 19.4. The predicted octanol–water partition coefficient (Wildman–Crippen LogP) is 2.36. The quantitative estimate of drug-likeness (QED) is 0.655. The van der Waals surface area contributed by atoms with Crippen LogP contribution < -0.4 is 10.6 Å². The molecule has 13 heteroatoms. The number of carbonyl (C=O) groups excluding carboxylic acids is 1. The number of benzene rings is 1. The van der Waals surface area contributed by atoms with Crippen molar-refractivity contribution in [3.63, 3.8) is 0 Å². The summed E-state index contributed by atoms with van der Waals surface area (Å²) >= 11 is 0. The zero-order valence-electron chi connectivity index (χ0n) is 14.4. The summed E-state index contributed by atoms with van der Waals surface area (Å²) in [6.45, 7) is 0.338. The molecule has 4 rings (SSSR count). The first-order valence-electron chi connectivity index (χ1n) is 8.20. The maximum Gasteiger partial charge on any atom is 0.471 e. The molecule has 3 aromatic rings. The van der Waals surface area contributed by atoms with Crippen molar-refractivity contribution in [3.05, 3.63) is 42.3 Å². The molecule has 2 N–H and O–H groups in total. The lowest BCUT2D eigenvalue weighted by Crippen LogP contribution is -2.27. The minimum Gasteiger partial charge on any atom is -0.443 e. The van der Waals surface area contributed by atoms with E-state index in [4.69, 9.17) is 10.5 Å². The zero-order valence-corrected chi connectivity index (χ0v) is 14.4. The van der Waals surface area contributed by atoms with Gasteiger partial charge >= 0.3 is 18.2 Å². The standard InChI is InChI=1S/C16H12F4N6O3/c17-11-3-9(25-7-10(4-21)28-15(25)27)1-2-12(11)26-6-8(5-22-26)13-23-14(29-24-13)16(18,19)20/h1-3,5-6,10H,4,7,21H2/t10-/m0/s1. The van der Waals surface area contributed by atoms with E-state index in [-0.39, 0.29) is 35.9 Å². The van der Waals surface area contributed by atoms with Crippen LogP contribution in [0.5, 0.6) is 0 Å². The van der Waals surface area contributed by atoms with E-state index in [0.717, 1.165) is 10.7 Å². The van der Waals surface area contributed by atoms with E-state index < -0.39 is 30.1 Å². The molecule has 1 fully saturated rings. The highest BCUT2D eigenvalue weighted by Gasteiger charge is 2.38. The summed E-state index contributed by atoms with van der Waals surface area (Å²) < 4.78 is 62.6. The second kappa shape index (κ2) is 6.84. The van der Waals surface area contributed by atoms with Crippen molar-refractivity contribution < 1.29 is 31.6 Å². The number of nitrogens with zero attached hydrogens (tertiary/aromatic N) is 5. The molecule has 1 aliphatic heterocycles. The van der Waals surface area contributed by atoms with Gasteiger partial charge in [0, 0.05) is 12.7 Å². The fourth-order valence-corrected chi connectivity index (χ4v) is 2.73. The third kappa shape index (κ3) is 3.51.